The van der Waals surface area contributed by atoms with Crippen LogP contribution in [0.25, 0.3) is 0 Å². The summed E-state index contributed by atoms with van der Waals surface area (Å²) in [6, 6.07) is 8.10. The molecule has 27 heavy (non-hydrogen) atoms. The number of rotatable bonds is 10. The van der Waals surface area contributed by atoms with E-state index in [9.17, 15) is 4.79 Å². The molecule has 1 aromatic carbocycles. The first kappa shape index (κ1) is 21.6. The molecule has 0 saturated carbocycles. The Balaban J connectivity index is 1.91. The molecule has 1 aromatic rings. The molecule has 1 atom stereocenters. The Bertz CT molecular complexity index is 581. The van der Waals surface area contributed by atoms with Gasteiger partial charge in [0.25, 0.3) is 0 Å². The van der Waals surface area contributed by atoms with E-state index in [1.165, 1.54) is 49.2 Å². The summed E-state index contributed by atoms with van der Waals surface area (Å²) in [6.07, 6.45) is 8.99. The highest BCUT2D eigenvalue weighted by Crippen LogP contribution is 2.34. The smallest absolute Gasteiger partial charge is 0.350 e. The molecule has 4 nitrogen and oxygen atoms in total. The van der Waals surface area contributed by atoms with Gasteiger partial charge < -0.3 is 10.2 Å². The molecular formula is C23H38N2O2. The van der Waals surface area contributed by atoms with Crippen molar-refractivity contribution < 1.29 is 9.63 Å². The molecule has 1 aliphatic heterocycles. The van der Waals surface area contributed by atoms with Gasteiger partial charge in [-0.15, -0.1) is 0 Å². The second-order valence-corrected chi connectivity index (χ2v) is 8.91. The molecular weight excluding hydrogens is 336 g/mol. The third-order valence-electron chi connectivity index (χ3n) is 5.53. The van der Waals surface area contributed by atoms with Gasteiger partial charge in [0.1, 0.15) is 0 Å². The normalized spacial score (nSPS) is 19.3. The maximum Gasteiger partial charge on any atom is 0.350 e. The predicted octanol–water partition coefficient (Wildman–Crippen LogP) is 5.96. The molecule has 2 amide bonds. The van der Waals surface area contributed by atoms with E-state index in [1.54, 1.807) is 0 Å². The molecule has 1 heterocycles. The topological polar surface area (TPSA) is 41.6 Å². The maximum absolute atomic E-state index is 12.4. The van der Waals surface area contributed by atoms with Crippen molar-refractivity contribution in [2.45, 2.75) is 85.6 Å². The molecule has 0 spiro atoms. The number of carbonyl (C=O) groups is 1. The number of amides is 2. The molecule has 1 N–H and O–H groups in total. The van der Waals surface area contributed by atoms with Crippen LogP contribution in [0.3, 0.4) is 0 Å². The monoisotopic (exact) mass is 374 g/mol. The van der Waals surface area contributed by atoms with Crippen molar-refractivity contribution in [3.8, 4) is 5.75 Å². The predicted molar refractivity (Wildman–Crippen MR) is 112 cm³/mol. The van der Waals surface area contributed by atoms with Crippen molar-refractivity contribution in [1.82, 2.24) is 10.4 Å². The number of unbranched alkanes of at least 4 members (excludes halogenated alkanes) is 5. The molecule has 152 valence electrons. The van der Waals surface area contributed by atoms with Crippen LogP contribution in [0.2, 0.25) is 0 Å². The highest BCUT2D eigenvalue weighted by molar-refractivity contribution is 5.74. The molecule has 1 unspecified atom stereocenters. The van der Waals surface area contributed by atoms with Crippen molar-refractivity contribution >= 4 is 6.03 Å². The second kappa shape index (κ2) is 10.0. The number of benzene rings is 1. The molecule has 4 heteroatoms. The second-order valence-electron chi connectivity index (χ2n) is 8.91. The van der Waals surface area contributed by atoms with Crippen LogP contribution in [0.1, 0.15) is 78.7 Å². The van der Waals surface area contributed by atoms with Gasteiger partial charge in [-0.1, -0.05) is 78.9 Å². The maximum atomic E-state index is 12.4. The van der Waals surface area contributed by atoms with Gasteiger partial charge in [-0.05, 0) is 36.5 Å². The molecule has 0 radical (unpaired) electrons. The first-order valence-electron chi connectivity index (χ1n) is 10.7. The van der Waals surface area contributed by atoms with E-state index in [-0.39, 0.29) is 17.5 Å². The van der Waals surface area contributed by atoms with Gasteiger partial charge in [0.2, 0.25) is 0 Å². The molecule has 1 fully saturated rings. The van der Waals surface area contributed by atoms with Gasteiger partial charge in [-0.3, -0.25) is 0 Å². The summed E-state index contributed by atoms with van der Waals surface area (Å²) in [5.41, 5.74) is 1.29. The lowest BCUT2D eigenvalue weighted by Gasteiger charge is -2.46. The quantitative estimate of drug-likeness (QED) is 0.513. The average molecular weight is 375 g/mol. The Morgan fingerprint density at radius 1 is 1.11 bits per heavy atom. The Kier molecular flexibility index (Phi) is 8.00. The summed E-state index contributed by atoms with van der Waals surface area (Å²) >= 11 is 0. The lowest BCUT2D eigenvalue weighted by Crippen LogP contribution is -2.63. The molecule has 2 rings (SSSR count). The van der Waals surface area contributed by atoms with Crippen molar-refractivity contribution in [3.63, 3.8) is 0 Å². The fraction of sp³-hybridized carbons (Fsp3) is 0.696. The first-order valence-corrected chi connectivity index (χ1v) is 10.7. The van der Waals surface area contributed by atoms with Crippen LogP contribution in [0, 0.1) is 11.3 Å². The number of aryl methyl sites for hydroxylation is 1. The zero-order valence-corrected chi connectivity index (χ0v) is 17.9. The lowest BCUT2D eigenvalue weighted by molar-refractivity contribution is -0.114. The first-order chi connectivity index (χ1) is 12.8. The van der Waals surface area contributed by atoms with Crippen LogP contribution < -0.4 is 10.2 Å². The van der Waals surface area contributed by atoms with Crippen LogP contribution in [-0.2, 0) is 6.42 Å². The van der Waals surface area contributed by atoms with E-state index in [0.717, 1.165) is 12.2 Å². The summed E-state index contributed by atoms with van der Waals surface area (Å²) in [6.45, 7) is 11.6. The largest absolute Gasteiger partial charge is 0.375 e. The molecule has 1 aliphatic rings. The third kappa shape index (κ3) is 6.15. The highest BCUT2D eigenvalue weighted by Gasteiger charge is 2.44. The average Bonchev–Trinajstić information content (AvgIpc) is 2.62. The Hall–Kier alpha value is -1.71. The van der Waals surface area contributed by atoms with Gasteiger partial charge in [-0.2, -0.15) is 5.06 Å². The van der Waals surface area contributed by atoms with E-state index in [2.05, 4.69) is 52.1 Å². The van der Waals surface area contributed by atoms with Crippen LogP contribution in [0.5, 0.6) is 5.75 Å². The van der Waals surface area contributed by atoms with E-state index in [4.69, 9.17) is 4.84 Å². The zero-order chi connectivity index (χ0) is 19.9. The molecule has 0 aromatic heterocycles. The summed E-state index contributed by atoms with van der Waals surface area (Å²) < 4.78 is 0. The van der Waals surface area contributed by atoms with Crippen molar-refractivity contribution in [2.24, 2.45) is 11.3 Å². The SMILES string of the molecule is CCCCCCCCc1ccc(ON2C(=O)NCC(C)(C)C2C(C)C)cc1. The number of nitrogens with one attached hydrogen (secondary N) is 1. The van der Waals surface area contributed by atoms with E-state index in [0.29, 0.717) is 12.5 Å². The fourth-order valence-electron chi connectivity index (χ4n) is 4.14. The van der Waals surface area contributed by atoms with E-state index >= 15 is 0 Å². The number of hydrogen-bond acceptors (Lipinski definition) is 2. The van der Waals surface area contributed by atoms with Gasteiger partial charge in [0.15, 0.2) is 5.75 Å². The van der Waals surface area contributed by atoms with E-state index < -0.39 is 0 Å². The number of hydrogen-bond donors (Lipinski definition) is 1. The molecule has 1 saturated heterocycles. The van der Waals surface area contributed by atoms with Crippen LogP contribution in [0.4, 0.5) is 4.79 Å². The molecule has 0 bridgehead atoms. The van der Waals surface area contributed by atoms with Crippen LogP contribution in [-0.4, -0.2) is 23.7 Å². The summed E-state index contributed by atoms with van der Waals surface area (Å²) in [4.78, 5) is 18.4. The number of urea groups is 1. The number of hydroxylamine groups is 2. The highest BCUT2D eigenvalue weighted by atomic mass is 16.7. The van der Waals surface area contributed by atoms with Crippen LogP contribution in [0.15, 0.2) is 24.3 Å². The number of carbonyl (C=O) groups excluding carboxylic acids is 1. The Morgan fingerprint density at radius 3 is 2.37 bits per heavy atom. The minimum Gasteiger partial charge on any atom is -0.375 e. The zero-order valence-electron chi connectivity index (χ0n) is 17.9. The van der Waals surface area contributed by atoms with Crippen molar-refractivity contribution in [2.75, 3.05) is 6.54 Å². The standard InChI is InChI=1S/C23H38N2O2/c1-6-7-8-9-10-11-12-19-13-15-20(16-14-19)27-25-21(18(2)3)23(4,5)17-24-22(25)26/h13-16,18,21H,6-12,17H2,1-5H3,(H,24,26). The van der Waals surface area contributed by atoms with Crippen molar-refractivity contribution in [1.29, 1.82) is 0 Å². The minimum atomic E-state index is -0.149. The van der Waals surface area contributed by atoms with Gasteiger partial charge >= 0.3 is 6.03 Å². The van der Waals surface area contributed by atoms with Gasteiger partial charge in [0, 0.05) is 12.0 Å². The summed E-state index contributed by atoms with van der Waals surface area (Å²) in [5.74, 6) is 1.04. The summed E-state index contributed by atoms with van der Waals surface area (Å²) in [7, 11) is 0. The fourth-order valence-corrected chi connectivity index (χ4v) is 4.14. The van der Waals surface area contributed by atoms with Crippen LogP contribution >= 0.6 is 0 Å². The number of nitrogens with zero attached hydrogens (tertiary/aromatic N) is 1. The van der Waals surface area contributed by atoms with Crippen molar-refractivity contribution in [3.05, 3.63) is 29.8 Å². The molecule has 0 aliphatic carbocycles. The van der Waals surface area contributed by atoms with Gasteiger partial charge in [0.05, 0.1) is 6.04 Å². The van der Waals surface area contributed by atoms with Gasteiger partial charge in [-0.25, -0.2) is 4.79 Å². The third-order valence-corrected chi connectivity index (χ3v) is 5.53. The minimum absolute atomic E-state index is 0.0362. The summed E-state index contributed by atoms with van der Waals surface area (Å²) in [5, 5.41) is 4.49. The lowest BCUT2D eigenvalue weighted by atomic mass is 9.77. The Labute approximate surface area is 165 Å². The Morgan fingerprint density at radius 2 is 1.74 bits per heavy atom. The van der Waals surface area contributed by atoms with E-state index in [1.807, 2.05) is 12.1 Å².